The van der Waals surface area contributed by atoms with Gasteiger partial charge in [0.2, 0.25) is 0 Å². The van der Waals surface area contributed by atoms with Crippen LogP contribution in [0.2, 0.25) is 0 Å². The fourth-order valence-corrected chi connectivity index (χ4v) is 1.14. The van der Waals surface area contributed by atoms with Crippen LogP contribution in [0.3, 0.4) is 0 Å². The summed E-state index contributed by atoms with van der Waals surface area (Å²) in [4.78, 5) is 37.6. The first kappa shape index (κ1) is 13.7. The summed E-state index contributed by atoms with van der Waals surface area (Å²) in [6.07, 6.45) is -0.372. The van der Waals surface area contributed by atoms with E-state index >= 15 is 0 Å². The van der Waals surface area contributed by atoms with Gasteiger partial charge in [0.15, 0.2) is 0 Å². The highest BCUT2D eigenvalue weighted by molar-refractivity contribution is 5.96. The number of benzene rings is 1. The van der Waals surface area contributed by atoms with Gasteiger partial charge in [0.05, 0.1) is 7.11 Å². The Morgan fingerprint density at radius 3 is 2.28 bits per heavy atom. The third kappa shape index (κ3) is 4.25. The zero-order valence-corrected chi connectivity index (χ0v) is 10.1. The monoisotopic (exact) mass is 251 g/mol. The van der Waals surface area contributed by atoms with E-state index in [-0.39, 0.29) is 12.2 Å². The molecule has 0 saturated carbocycles. The van der Waals surface area contributed by atoms with Crippen molar-refractivity contribution in [3.05, 3.63) is 29.8 Å². The van der Waals surface area contributed by atoms with Gasteiger partial charge in [-0.15, -0.1) is 0 Å². The van der Waals surface area contributed by atoms with E-state index in [4.69, 9.17) is 4.74 Å². The van der Waals surface area contributed by atoms with Gasteiger partial charge in [0.1, 0.15) is 18.0 Å². The van der Waals surface area contributed by atoms with Crippen LogP contribution in [0, 0.1) is 0 Å². The fraction of sp³-hybridized carbons (Fsp3) is 0.250. The van der Waals surface area contributed by atoms with Crippen LogP contribution in [-0.2, 0) is 14.4 Å². The van der Waals surface area contributed by atoms with Gasteiger partial charge in [-0.05, 0) is 31.2 Å². The van der Waals surface area contributed by atoms with E-state index in [0.29, 0.717) is 11.3 Å². The SMILES string of the molecule is COc1ccc(C(=O)NOC(=O)CC(C)=O)cc1. The maximum atomic E-state index is 11.5. The molecule has 96 valence electrons. The molecule has 0 heterocycles. The van der Waals surface area contributed by atoms with Crippen LogP contribution in [0.1, 0.15) is 23.7 Å². The van der Waals surface area contributed by atoms with Crippen LogP contribution < -0.4 is 10.2 Å². The molecule has 0 radical (unpaired) electrons. The molecule has 0 aromatic heterocycles. The third-order valence-corrected chi connectivity index (χ3v) is 2.00. The van der Waals surface area contributed by atoms with Gasteiger partial charge in [-0.2, -0.15) is 5.48 Å². The highest BCUT2D eigenvalue weighted by Crippen LogP contribution is 2.10. The highest BCUT2D eigenvalue weighted by Gasteiger charge is 2.10. The van der Waals surface area contributed by atoms with E-state index in [9.17, 15) is 14.4 Å². The maximum absolute atomic E-state index is 11.5. The summed E-state index contributed by atoms with van der Waals surface area (Å²) in [6, 6.07) is 6.25. The maximum Gasteiger partial charge on any atom is 0.339 e. The second kappa shape index (κ2) is 6.39. The molecule has 6 heteroatoms. The number of carbonyl (C=O) groups excluding carboxylic acids is 3. The number of ketones is 1. The number of hydrogen-bond donors (Lipinski definition) is 1. The van der Waals surface area contributed by atoms with Crippen molar-refractivity contribution in [2.24, 2.45) is 0 Å². The Bertz CT molecular complexity index is 452. The largest absolute Gasteiger partial charge is 0.497 e. The lowest BCUT2D eigenvalue weighted by atomic mass is 10.2. The normalized spacial score (nSPS) is 9.44. The average molecular weight is 251 g/mol. The lowest BCUT2D eigenvalue weighted by Gasteiger charge is -2.05. The molecule has 0 bridgehead atoms. The summed E-state index contributed by atoms with van der Waals surface area (Å²) in [5, 5.41) is 0. The Morgan fingerprint density at radius 1 is 1.17 bits per heavy atom. The number of rotatable bonds is 4. The molecule has 0 unspecified atom stereocenters. The van der Waals surface area contributed by atoms with Crippen molar-refractivity contribution in [2.75, 3.05) is 7.11 Å². The molecule has 6 nitrogen and oxygen atoms in total. The minimum absolute atomic E-state index is 0.312. The number of nitrogens with one attached hydrogen (secondary N) is 1. The second-order valence-corrected chi connectivity index (χ2v) is 3.51. The Labute approximate surface area is 104 Å². The molecular formula is C12H13NO5. The van der Waals surface area contributed by atoms with Gasteiger partial charge in [-0.3, -0.25) is 9.59 Å². The molecule has 1 aromatic carbocycles. The molecule has 0 saturated heterocycles. The smallest absolute Gasteiger partial charge is 0.339 e. The topological polar surface area (TPSA) is 81.7 Å². The Morgan fingerprint density at radius 2 is 1.78 bits per heavy atom. The van der Waals surface area contributed by atoms with Crippen LogP contribution in [0.4, 0.5) is 0 Å². The lowest BCUT2D eigenvalue weighted by Crippen LogP contribution is -2.27. The van der Waals surface area contributed by atoms with E-state index in [1.165, 1.54) is 26.2 Å². The number of ether oxygens (including phenoxy) is 1. The number of Topliss-reactive ketones (excluding diaryl/α,β-unsaturated/α-hetero) is 1. The first-order valence-corrected chi connectivity index (χ1v) is 5.16. The van der Waals surface area contributed by atoms with E-state index in [1.807, 2.05) is 5.48 Å². The van der Waals surface area contributed by atoms with Crippen molar-refractivity contribution in [3.8, 4) is 5.75 Å². The molecular weight excluding hydrogens is 238 g/mol. The number of hydroxylamine groups is 1. The summed E-state index contributed by atoms with van der Waals surface area (Å²) < 4.78 is 4.94. The molecule has 1 N–H and O–H groups in total. The molecule has 0 aliphatic rings. The zero-order valence-electron chi connectivity index (χ0n) is 10.1. The standard InChI is InChI=1S/C12H13NO5/c1-8(14)7-11(15)18-13-12(16)9-3-5-10(17-2)6-4-9/h3-6H,7H2,1-2H3,(H,13,16). The number of amides is 1. The predicted molar refractivity (Wildman–Crippen MR) is 61.9 cm³/mol. The second-order valence-electron chi connectivity index (χ2n) is 3.51. The molecule has 0 atom stereocenters. The molecule has 18 heavy (non-hydrogen) atoms. The van der Waals surface area contributed by atoms with Gasteiger partial charge >= 0.3 is 5.97 Å². The minimum Gasteiger partial charge on any atom is -0.497 e. The molecule has 0 fully saturated rings. The van der Waals surface area contributed by atoms with Crippen molar-refractivity contribution in [1.82, 2.24) is 5.48 Å². The van der Waals surface area contributed by atoms with Crippen molar-refractivity contribution < 1.29 is 24.0 Å². The summed E-state index contributed by atoms with van der Waals surface area (Å²) in [5.41, 5.74) is 2.27. The van der Waals surface area contributed by atoms with Crippen LogP contribution in [0.15, 0.2) is 24.3 Å². The third-order valence-electron chi connectivity index (χ3n) is 2.00. The summed E-state index contributed by atoms with van der Waals surface area (Å²) in [6.45, 7) is 1.26. The Hall–Kier alpha value is -2.37. The van der Waals surface area contributed by atoms with Crippen LogP contribution >= 0.6 is 0 Å². The zero-order chi connectivity index (χ0) is 13.5. The van der Waals surface area contributed by atoms with Crippen molar-refractivity contribution >= 4 is 17.7 Å². The first-order valence-electron chi connectivity index (χ1n) is 5.16. The minimum atomic E-state index is -0.802. The van der Waals surface area contributed by atoms with Crippen LogP contribution in [-0.4, -0.2) is 24.8 Å². The van der Waals surface area contributed by atoms with Gasteiger partial charge < -0.3 is 9.57 Å². The van der Waals surface area contributed by atoms with Gasteiger partial charge in [0, 0.05) is 5.56 Å². The molecule has 1 aromatic rings. The summed E-state index contributed by atoms with van der Waals surface area (Å²) in [5.74, 6) is -1.10. The van der Waals surface area contributed by atoms with E-state index < -0.39 is 11.9 Å². The molecule has 1 rings (SSSR count). The van der Waals surface area contributed by atoms with E-state index in [1.54, 1.807) is 12.1 Å². The highest BCUT2D eigenvalue weighted by atomic mass is 16.7. The van der Waals surface area contributed by atoms with Crippen molar-refractivity contribution in [3.63, 3.8) is 0 Å². The van der Waals surface area contributed by atoms with Crippen LogP contribution in [0.25, 0.3) is 0 Å². The first-order chi connectivity index (χ1) is 8.52. The molecule has 0 spiro atoms. The van der Waals surface area contributed by atoms with E-state index in [2.05, 4.69) is 4.84 Å². The van der Waals surface area contributed by atoms with Gasteiger partial charge in [0.25, 0.3) is 5.91 Å². The summed E-state index contributed by atoms with van der Waals surface area (Å²) >= 11 is 0. The predicted octanol–water partition coefficient (Wildman–Crippen LogP) is 0.862. The number of carbonyl (C=O) groups is 3. The van der Waals surface area contributed by atoms with E-state index in [0.717, 1.165) is 0 Å². The quantitative estimate of drug-likeness (QED) is 0.634. The molecule has 0 aliphatic carbocycles. The number of methoxy groups -OCH3 is 1. The van der Waals surface area contributed by atoms with Crippen LogP contribution in [0.5, 0.6) is 5.75 Å². The van der Waals surface area contributed by atoms with Gasteiger partial charge in [-0.1, -0.05) is 0 Å². The fourth-order valence-electron chi connectivity index (χ4n) is 1.14. The summed E-state index contributed by atoms with van der Waals surface area (Å²) in [7, 11) is 1.51. The van der Waals surface area contributed by atoms with Crippen molar-refractivity contribution in [2.45, 2.75) is 13.3 Å². The Balaban J connectivity index is 2.49. The average Bonchev–Trinajstić information content (AvgIpc) is 2.35. The van der Waals surface area contributed by atoms with Crippen molar-refractivity contribution in [1.29, 1.82) is 0 Å². The molecule has 0 aliphatic heterocycles. The molecule has 1 amide bonds. The lowest BCUT2D eigenvalue weighted by molar-refractivity contribution is -0.150. The van der Waals surface area contributed by atoms with Gasteiger partial charge in [-0.25, -0.2) is 4.79 Å². The number of hydrogen-bond acceptors (Lipinski definition) is 5. The Kier molecular flexibility index (Phi) is 4.86.